The quantitative estimate of drug-likeness (QED) is 0.558. The van der Waals surface area contributed by atoms with E-state index < -0.39 is 0 Å². The minimum Gasteiger partial charge on any atom is -0.289 e. The number of amides is 2. The average Bonchev–Trinajstić information content (AvgIpc) is 2.98. The number of nitrogens with zero attached hydrogens (tertiary/aromatic N) is 5. The summed E-state index contributed by atoms with van der Waals surface area (Å²) in [4.78, 5) is 22.3. The first-order chi connectivity index (χ1) is 7.83. The lowest BCUT2D eigenvalue weighted by molar-refractivity contribution is -0.706. The molecule has 1 fully saturated rings. The molecule has 2 amide bonds. The third-order valence-electron chi connectivity index (χ3n) is 3.00. The Morgan fingerprint density at radius 3 is 3.00 bits per heavy atom. The van der Waals surface area contributed by atoms with Crippen LogP contribution < -0.4 is 0 Å². The van der Waals surface area contributed by atoms with Gasteiger partial charge in [-0.3, -0.25) is 9.89 Å². The molecule has 16 heavy (non-hydrogen) atoms. The zero-order valence-electron chi connectivity index (χ0n) is 8.78. The van der Waals surface area contributed by atoms with Gasteiger partial charge in [0, 0.05) is 13.1 Å². The topological polar surface area (TPSA) is 57.4 Å². The number of rotatable bonds is 0. The largest absolute Gasteiger partial charge is 0.457 e. The fourth-order valence-electron chi connectivity index (χ4n) is 2.13. The number of hydrogen-bond acceptors (Lipinski definition) is 4. The summed E-state index contributed by atoms with van der Waals surface area (Å²) in [6.07, 6.45) is 8.41. The molecule has 1 saturated heterocycles. The van der Waals surface area contributed by atoms with E-state index in [2.05, 4.69) is 15.1 Å². The maximum absolute atomic E-state index is 12.4. The van der Waals surface area contributed by atoms with Gasteiger partial charge in [0.15, 0.2) is 12.5 Å². The molecule has 0 radical (unpaired) electrons. The van der Waals surface area contributed by atoms with E-state index in [1.807, 2.05) is 4.90 Å². The van der Waals surface area contributed by atoms with Gasteiger partial charge in [0.2, 0.25) is 0 Å². The van der Waals surface area contributed by atoms with E-state index in [1.54, 1.807) is 18.6 Å². The SMILES string of the molecule is O=C(N1CCCC1)[N+]12C=CN=CC1=NC=N2. The molecule has 0 bridgehead atoms. The van der Waals surface area contributed by atoms with Crippen molar-refractivity contribution in [3.63, 3.8) is 0 Å². The highest BCUT2D eigenvalue weighted by atomic mass is 16.2. The van der Waals surface area contributed by atoms with Crippen LogP contribution in [0.2, 0.25) is 0 Å². The van der Waals surface area contributed by atoms with Crippen LogP contribution >= 0.6 is 0 Å². The number of quaternary nitrogens is 1. The van der Waals surface area contributed by atoms with Crippen molar-refractivity contribution >= 4 is 24.4 Å². The van der Waals surface area contributed by atoms with Crippen LogP contribution in [-0.4, -0.2) is 47.0 Å². The summed E-state index contributed by atoms with van der Waals surface area (Å²) in [6, 6.07) is -0.0348. The number of fused-ring (bicyclic) bond motifs is 1. The maximum Gasteiger partial charge on any atom is 0.457 e. The molecule has 0 saturated carbocycles. The van der Waals surface area contributed by atoms with Crippen molar-refractivity contribution in [2.24, 2.45) is 15.1 Å². The van der Waals surface area contributed by atoms with Gasteiger partial charge in [-0.25, -0.2) is 4.79 Å². The number of urea groups is 1. The number of carbonyl (C=O) groups excluding carboxylic acids is 1. The Balaban J connectivity index is 1.95. The van der Waals surface area contributed by atoms with E-state index in [-0.39, 0.29) is 10.6 Å². The van der Waals surface area contributed by atoms with E-state index in [0.717, 1.165) is 25.9 Å². The lowest BCUT2D eigenvalue weighted by Gasteiger charge is -2.26. The number of aliphatic imine (C=N–C) groups is 2. The third-order valence-corrected chi connectivity index (χ3v) is 3.00. The van der Waals surface area contributed by atoms with Crippen LogP contribution in [0.4, 0.5) is 4.79 Å². The van der Waals surface area contributed by atoms with Crippen molar-refractivity contribution in [2.45, 2.75) is 12.8 Å². The van der Waals surface area contributed by atoms with Crippen molar-refractivity contribution in [1.29, 1.82) is 0 Å². The van der Waals surface area contributed by atoms with Gasteiger partial charge in [-0.1, -0.05) is 0 Å². The summed E-state index contributed by atoms with van der Waals surface area (Å²) < 4.78 is -0.177. The van der Waals surface area contributed by atoms with Gasteiger partial charge in [-0.2, -0.15) is 4.99 Å². The minimum atomic E-state index is -0.177. The smallest absolute Gasteiger partial charge is 0.289 e. The van der Waals surface area contributed by atoms with Gasteiger partial charge in [-0.15, -0.1) is 0 Å². The first-order valence-electron chi connectivity index (χ1n) is 5.34. The predicted molar refractivity (Wildman–Crippen MR) is 60.0 cm³/mol. The zero-order chi connectivity index (χ0) is 11.0. The van der Waals surface area contributed by atoms with Gasteiger partial charge < -0.3 is 0 Å². The van der Waals surface area contributed by atoms with Gasteiger partial charge in [0.1, 0.15) is 6.21 Å². The van der Waals surface area contributed by atoms with Crippen molar-refractivity contribution in [2.75, 3.05) is 13.1 Å². The number of likely N-dealkylation sites (tertiary alicyclic amines) is 1. The van der Waals surface area contributed by atoms with E-state index in [0.29, 0.717) is 5.84 Å². The Morgan fingerprint density at radius 1 is 1.38 bits per heavy atom. The van der Waals surface area contributed by atoms with Crippen molar-refractivity contribution in [3.05, 3.63) is 12.4 Å². The van der Waals surface area contributed by atoms with Gasteiger partial charge in [-0.05, 0) is 22.5 Å². The molecule has 0 aliphatic carbocycles. The summed E-state index contributed by atoms with van der Waals surface area (Å²) in [6.45, 7) is 1.62. The summed E-state index contributed by atoms with van der Waals surface area (Å²) in [5.41, 5.74) is 0. The molecule has 0 aromatic heterocycles. The molecule has 3 aliphatic heterocycles. The summed E-state index contributed by atoms with van der Waals surface area (Å²) in [5.74, 6) is 0.569. The second-order valence-corrected chi connectivity index (χ2v) is 3.96. The number of amidine groups is 1. The second-order valence-electron chi connectivity index (χ2n) is 3.96. The maximum atomic E-state index is 12.4. The Hall–Kier alpha value is -1.82. The Kier molecular flexibility index (Phi) is 1.97. The first kappa shape index (κ1) is 9.41. The second kappa shape index (κ2) is 3.34. The van der Waals surface area contributed by atoms with Crippen molar-refractivity contribution in [3.8, 4) is 0 Å². The molecule has 1 unspecified atom stereocenters. The van der Waals surface area contributed by atoms with Crippen LogP contribution in [0.25, 0.3) is 0 Å². The summed E-state index contributed by atoms with van der Waals surface area (Å²) in [7, 11) is 0. The molecule has 1 atom stereocenters. The van der Waals surface area contributed by atoms with Crippen molar-refractivity contribution < 1.29 is 9.39 Å². The van der Waals surface area contributed by atoms with Gasteiger partial charge in [0.05, 0.1) is 6.20 Å². The molecule has 82 valence electrons. The van der Waals surface area contributed by atoms with Crippen LogP contribution in [0.5, 0.6) is 0 Å². The molecule has 3 heterocycles. The molecule has 0 aromatic rings. The van der Waals surface area contributed by atoms with Crippen LogP contribution in [0.3, 0.4) is 0 Å². The molecule has 6 heteroatoms. The van der Waals surface area contributed by atoms with E-state index in [1.165, 1.54) is 6.34 Å². The van der Waals surface area contributed by atoms with Gasteiger partial charge >= 0.3 is 6.03 Å². The minimum absolute atomic E-state index is 0.0348. The number of hydrogen-bond donors (Lipinski definition) is 0. The highest BCUT2D eigenvalue weighted by Crippen LogP contribution is 2.23. The average molecular weight is 218 g/mol. The van der Waals surface area contributed by atoms with E-state index >= 15 is 0 Å². The van der Waals surface area contributed by atoms with Crippen LogP contribution in [0.15, 0.2) is 27.5 Å². The molecule has 6 nitrogen and oxygen atoms in total. The van der Waals surface area contributed by atoms with Crippen LogP contribution in [-0.2, 0) is 0 Å². The Labute approximate surface area is 92.9 Å². The highest BCUT2D eigenvalue weighted by molar-refractivity contribution is 6.30. The Bertz CT molecular complexity index is 444. The van der Waals surface area contributed by atoms with Crippen LogP contribution in [0, 0.1) is 0 Å². The van der Waals surface area contributed by atoms with Crippen LogP contribution in [0.1, 0.15) is 12.8 Å². The zero-order valence-corrected chi connectivity index (χ0v) is 8.78. The lowest BCUT2D eigenvalue weighted by Crippen LogP contribution is -2.54. The predicted octanol–water partition coefficient (Wildman–Crippen LogP) is 0.930. The summed E-state index contributed by atoms with van der Waals surface area (Å²) in [5, 5.41) is 4.17. The highest BCUT2D eigenvalue weighted by Gasteiger charge is 2.48. The molecule has 0 aromatic carbocycles. The van der Waals surface area contributed by atoms with Crippen molar-refractivity contribution in [1.82, 2.24) is 4.90 Å². The molecular formula is C10H12N5O+. The molecule has 3 aliphatic rings. The fraction of sp³-hybridized carbons (Fsp3) is 0.400. The molecular weight excluding hydrogens is 206 g/mol. The first-order valence-corrected chi connectivity index (χ1v) is 5.34. The standard InChI is InChI=1S/C10H12N5O/c16-10(14-4-1-2-5-14)15-6-3-11-7-9(15)12-8-13-15/h3,6-8H,1-2,4-5H2/q+1. The van der Waals surface area contributed by atoms with E-state index in [4.69, 9.17) is 0 Å². The van der Waals surface area contributed by atoms with E-state index in [9.17, 15) is 4.79 Å². The number of carbonyl (C=O) groups is 1. The lowest BCUT2D eigenvalue weighted by atomic mass is 10.4. The summed E-state index contributed by atoms with van der Waals surface area (Å²) >= 11 is 0. The Morgan fingerprint density at radius 2 is 2.19 bits per heavy atom. The third kappa shape index (κ3) is 1.16. The molecule has 0 spiro atoms. The fourth-order valence-corrected chi connectivity index (χ4v) is 2.13. The normalized spacial score (nSPS) is 30.8. The molecule has 3 rings (SSSR count). The monoisotopic (exact) mass is 218 g/mol. The molecule has 0 N–H and O–H groups in total. The van der Waals surface area contributed by atoms with Gasteiger partial charge in [0.25, 0.3) is 5.84 Å².